The molecule has 0 bridgehead atoms. The summed E-state index contributed by atoms with van der Waals surface area (Å²) in [5, 5.41) is 21.7. The monoisotopic (exact) mass is 458 g/mol. The van der Waals surface area contributed by atoms with Crippen LogP contribution in [0.1, 0.15) is 24.7 Å². The predicted octanol–water partition coefficient (Wildman–Crippen LogP) is 0.234. The zero-order valence-corrected chi connectivity index (χ0v) is 18.3. The molecule has 3 aromatic rings. The molecule has 0 atom stereocenters. The number of esters is 1. The summed E-state index contributed by atoms with van der Waals surface area (Å²) in [6.07, 6.45) is 0.504. The zero-order chi connectivity index (χ0) is 23.2. The third-order valence-corrected chi connectivity index (χ3v) is 5.17. The molecule has 0 aliphatic carbocycles. The van der Waals surface area contributed by atoms with Crippen molar-refractivity contribution in [2.45, 2.75) is 33.0 Å². The molecule has 2 aromatic heterocycles. The van der Waals surface area contributed by atoms with Gasteiger partial charge in [-0.2, -0.15) is 0 Å². The number of aliphatic hydroxyl groups excluding tert-OH is 1. The number of aromatic amines is 1. The maximum atomic E-state index is 12.8. The second-order valence-corrected chi connectivity index (χ2v) is 7.55. The highest BCUT2D eigenvalue weighted by atomic mass is 16.6. The van der Waals surface area contributed by atoms with Gasteiger partial charge in [0.2, 0.25) is 0 Å². The Balaban J connectivity index is 1.56. The van der Waals surface area contributed by atoms with Crippen LogP contribution in [-0.2, 0) is 29.2 Å². The van der Waals surface area contributed by atoms with Gasteiger partial charge in [0, 0.05) is 36.7 Å². The van der Waals surface area contributed by atoms with Gasteiger partial charge in [0.1, 0.15) is 19.8 Å². The van der Waals surface area contributed by atoms with Gasteiger partial charge in [0.25, 0.3) is 5.56 Å². The standard InChI is InChI=1S/C21H26N6O6/c1-2-31-20(29)13-27-19(23-24-25-27)12-26(4-3-5-28)11-15-8-14-9-17-18(33-7-6-32-17)10-16(14)22-21(15)30/h8-10,28H,2-7,11-13H2,1H3,(H,22,30). The molecule has 0 unspecified atom stereocenters. The number of rotatable bonds is 10. The van der Waals surface area contributed by atoms with E-state index >= 15 is 0 Å². The summed E-state index contributed by atoms with van der Waals surface area (Å²) >= 11 is 0. The Morgan fingerprint density at radius 3 is 2.79 bits per heavy atom. The van der Waals surface area contributed by atoms with Gasteiger partial charge in [-0.15, -0.1) is 5.10 Å². The number of hydrogen-bond acceptors (Lipinski definition) is 10. The topological polar surface area (TPSA) is 145 Å². The van der Waals surface area contributed by atoms with Crippen LogP contribution in [-0.4, -0.2) is 74.1 Å². The van der Waals surface area contributed by atoms with Crippen LogP contribution in [0, 0.1) is 0 Å². The van der Waals surface area contributed by atoms with E-state index in [0.29, 0.717) is 61.1 Å². The zero-order valence-electron chi connectivity index (χ0n) is 18.3. The number of benzene rings is 1. The number of nitrogens with zero attached hydrogens (tertiary/aromatic N) is 5. The predicted molar refractivity (Wildman–Crippen MR) is 116 cm³/mol. The van der Waals surface area contributed by atoms with Crippen LogP contribution in [0.3, 0.4) is 0 Å². The minimum absolute atomic E-state index is 0.00181. The van der Waals surface area contributed by atoms with Crippen molar-refractivity contribution >= 4 is 16.9 Å². The molecule has 0 saturated heterocycles. The largest absolute Gasteiger partial charge is 0.486 e. The highest BCUT2D eigenvalue weighted by Crippen LogP contribution is 2.33. The smallest absolute Gasteiger partial charge is 0.327 e. The number of carbonyl (C=O) groups excluding carboxylic acids is 1. The Labute approximate surface area is 189 Å². The van der Waals surface area contributed by atoms with Crippen molar-refractivity contribution in [3.8, 4) is 11.5 Å². The SMILES string of the molecule is CCOC(=O)Cn1nnnc1CN(CCCO)Cc1cc2cc3c(cc2[nH]c1=O)OCCO3. The van der Waals surface area contributed by atoms with Crippen LogP contribution in [0.4, 0.5) is 0 Å². The summed E-state index contributed by atoms with van der Waals surface area (Å²) in [7, 11) is 0. The maximum absolute atomic E-state index is 12.8. The van der Waals surface area contributed by atoms with Crippen LogP contribution in [0.25, 0.3) is 10.9 Å². The first-order valence-electron chi connectivity index (χ1n) is 10.8. The van der Waals surface area contributed by atoms with E-state index in [0.717, 1.165) is 5.39 Å². The third kappa shape index (κ3) is 5.46. The Hall–Kier alpha value is -3.51. The van der Waals surface area contributed by atoms with Crippen LogP contribution in [0.2, 0.25) is 0 Å². The molecule has 0 spiro atoms. The molecule has 176 valence electrons. The van der Waals surface area contributed by atoms with Crippen molar-refractivity contribution in [1.82, 2.24) is 30.1 Å². The van der Waals surface area contributed by atoms with Gasteiger partial charge in [-0.1, -0.05) is 0 Å². The lowest BCUT2D eigenvalue weighted by molar-refractivity contribution is -0.144. The molecular formula is C21H26N6O6. The van der Waals surface area contributed by atoms with Gasteiger partial charge in [0.05, 0.1) is 18.7 Å². The Bertz CT molecular complexity index is 1180. The molecule has 0 saturated carbocycles. The molecule has 0 radical (unpaired) electrons. The molecule has 1 aliphatic heterocycles. The van der Waals surface area contributed by atoms with Gasteiger partial charge in [0.15, 0.2) is 17.3 Å². The average Bonchev–Trinajstić information content (AvgIpc) is 3.23. The van der Waals surface area contributed by atoms with Gasteiger partial charge >= 0.3 is 5.97 Å². The fraction of sp³-hybridized carbons (Fsp3) is 0.476. The van der Waals surface area contributed by atoms with Crippen molar-refractivity contribution in [3.05, 3.63) is 39.9 Å². The molecule has 4 rings (SSSR count). The maximum Gasteiger partial charge on any atom is 0.327 e. The Morgan fingerprint density at radius 2 is 2.03 bits per heavy atom. The lowest BCUT2D eigenvalue weighted by Gasteiger charge is -2.22. The van der Waals surface area contributed by atoms with E-state index in [-0.39, 0.29) is 31.9 Å². The minimum atomic E-state index is -0.437. The van der Waals surface area contributed by atoms with E-state index in [1.807, 2.05) is 17.0 Å². The molecule has 1 aromatic carbocycles. The Kier molecular flexibility index (Phi) is 7.15. The van der Waals surface area contributed by atoms with E-state index in [1.54, 1.807) is 13.0 Å². The number of hydrogen-bond donors (Lipinski definition) is 2. The fourth-order valence-corrected chi connectivity index (χ4v) is 3.64. The molecule has 12 heteroatoms. The number of carbonyl (C=O) groups is 1. The number of H-pyrrole nitrogens is 1. The van der Waals surface area contributed by atoms with Crippen LogP contribution >= 0.6 is 0 Å². The number of pyridine rings is 1. The van der Waals surface area contributed by atoms with Crippen molar-refractivity contribution in [1.29, 1.82) is 0 Å². The van der Waals surface area contributed by atoms with Gasteiger partial charge in [-0.3, -0.25) is 14.5 Å². The summed E-state index contributed by atoms with van der Waals surface area (Å²) in [6, 6.07) is 5.43. The van der Waals surface area contributed by atoms with Crippen molar-refractivity contribution in [2.75, 3.05) is 33.0 Å². The highest BCUT2D eigenvalue weighted by Gasteiger charge is 2.18. The molecule has 1 aliphatic rings. The molecule has 2 N–H and O–H groups in total. The minimum Gasteiger partial charge on any atom is -0.486 e. The van der Waals surface area contributed by atoms with Crippen molar-refractivity contribution in [3.63, 3.8) is 0 Å². The number of tetrazole rings is 1. The molecule has 12 nitrogen and oxygen atoms in total. The van der Waals surface area contributed by atoms with E-state index in [4.69, 9.17) is 14.2 Å². The van der Waals surface area contributed by atoms with E-state index in [9.17, 15) is 14.7 Å². The van der Waals surface area contributed by atoms with Gasteiger partial charge < -0.3 is 24.3 Å². The highest BCUT2D eigenvalue weighted by molar-refractivity contribution is 5.83. The summed E-state index contributed by atoms with van der Waals surface area (Å²) in [5.74, 6) is 1.27. The quantitative estimate of drug-likeness (QED) is 0.405. The lowest BCUT2D eigenvalue weighted by Crippen LogP contribution is -2.30. The first-order chi connectivity index (χ1) is 16.1. The Morgan fingerprint density at radius 1 is 1.24 bits per heavy atom. The number of aromatic nitrogens is 5. The molecular weight excluding hydrogens is 432 g/mol. The van der Waals surface area contributed by atoms with E-state index in [2.05, 4.69) is 20.5 Å². The molecule has 0 amide bonds. The normalized spacial score (nSPS) is 12.9. The fourth-order valence-electron chi connectivity index (χ4n) is 3.64. The number of nitrogens with one attached hydrogen (secondary N) is 1. The first kappa shape index (κ1) is 22.7. The average molecular weight is 458 g/mol. The summed E-state index contributed by atoms with van der Waals surface area (Å²) in [5.41, 5.74) is 0.981. The van der Waals surface area contributed by atoms with Crippen molar-refractivity contribution < 1.29 is 24.1 Å². The molecule has 3 heterocycles. The van der Waals surface area contributed by atoms with Crippen LogP contribution < -0.4 is 15.0 Å². The summed E-state index contributed by atoms with van der Waals surface area (Å²) in [6.45, 7) is 3.92. The summed E-state index contributed by atoms with van der Waals surface area (Å²) in [4.78, 5) is 29.5. The number of fused-ring (bicyclic) bond motifs is 2. The van der Waals surface area contributed by atoms with Gasteiger partial charge in [-0.05, 0) is 35.9 Å². The van der Waals surface area contributed by atoms with Gasteiger partial charge in [-0.25, -0.2) is 4.68 Å². The second kappa shape index (κ2) is 10.4. The number of ether oxygens (including phenoxy) is 3. The third-order valence-electron chi connectivity index (χ3n) is 5.17. The molecule has 33 heavy (non-hydrogen) atoms. The van der Waals surface area contributed by atoms with Crippen molar-refractivity contribution in [2.24, 2.45) is 0 Å². The van der Waals surface area contributed by atoms with E-state index < -0.39 is 5.97 Å². The van der Waals surface area contributed by atoms with E-state index in [1.165, 1.54) is 4.68 Å². The summed E-state index contributed by atoms with van der Waals surface area (Å²) < 4.78 is 17.6. The second-order valence-electron chi connectivity index (χ2n) is 7.55. The van der Waals surface area contributed by atoms with Crippen LogP contribution in [0.5, 0.6) is 11.5 Å². The number of aliphatic hydroxyl groups is 1. The first-order valence-corrected chi connectivity index (χ1v) is 10.8. The lowest BCUT2D eigenvalue weighted by atomic mass is 10.1. The molecule has 0 fully saturated rings. The van der Waals surface area contributed by atoms with Crippen LogP contribution in [0.15, 0.2) is 23.0 Å².